The lowest BCUT2D eigenvalue weighted by atomic mass is 10.1. The van der Waals surface area contributed by atoms with Gasteiger partial charge in [0.2, 0.25) is 11.8 Å². The molecule has 1 aromatic heterocycles. The SMILES string of the molecule is CCOc1cccc2sc(N(Cc3ccccc3)C(=O)C3CC(=O)N(c4ccccc4)C3)nc12. The molecule has 0 N–H and O–H groups in total. The minimum Gasteiger partial charge on any atom is -0.492 e. The molecule has 4 aromatic rings. The fraction of sp³-hybridized carbons (Fsp3) is 0.222. The molecule has 7 heteroatoms. The molecule has 172 valence electrons. The van der Waals surface area contributed by atoms with Crippen LogP contribution in [0.1, 0.15) is 18.9 Å². The molecule has 6 nitrogen and oxygen atoms in total. The third-order valence-electron chi connectivity index (χ3n) is 5.89. The van der Waals surface area contributed by atoms with E-state index in [9.17, 15) is 9.59 Å². The zero-order valence-electron chi connectivity index (χ0n) is 18.9. The minimum atomic E-state index is -0.435. The zero-order valence-corrected chi connectivity index (χ0v) is 19.7. The maximum absolute atomic E-state index is 13.8. The smallest absolute Gasteiger partial charge is 0.234 e. The molecule has 2 heterocycles. The van der Waals surface area contributed by atoms with Crippen LogP contribution >= 0.6 is 11.3 Å². The summed E-state index contributed by atoms with van der Waals surface area (Å²) in [5, 5.41) is 0.613. The number of hydrogen-bond donors (Lipinski definition) is 0. The number of rotatable bonds is 7. The highest BCUT2D eigenvalue weighted by atomic mass is 32.1. The Morgan fingerprint density at radius 1 is 1.06 bits per heavy atom. The average Bonchev–Trinajstić information content (AvgIpc) is 3.48. The monoisotopic (exact) mass is 471 g/mol. The molecule has 2 amide bonds. The summed E-state index contributed by atoms with van der Waals surface area (Å²) < 4.78 is 6.72. The van der Waals surface area contributed by atoms with Crippen LogP contribution in [0.2, 0.25) is 0 Å². The van der Waals surface area contributed by atoms with Gasteiger partial charge in [-0.15, -0.1) is 0 Å². The maximum Gasteiger partial charge on any atom is 0.234 e. The van der Waals surface area contributed by atoms with Gasteiger partial charge in [0, 0.05) is 18.7 Å². The van der Waals surface area contributed by atoms with Gasteiger partial charge in [-0.1, -0.05) is 65.9 Å². The van der Waals surface area contributed by atoms with Gasteiger partial charge in [0.05, 0.1) is 23.8 Å². The third kappa shape index (κ3) is 4.39. The van der Waals surface area contributed by atoms with E-state index in [1.54, 1.807) is 9.80 Å². The van der Waals surface area contributed by atoms with E-state index in [1.165, 1.54) is 11.3 Å². The number of aromatic nitrogens is 1. The van der Waals surface area contributed by atoms with Crippen molar-refractivity contribution in [2.45, 2.75) is 19.9 Å². The second kappa shape index (κ2) is 9.65. The highest BCUT2D eigenvalue weighted by Gasteiger charge is 2.38. The van der Waals surface area contributed by atoms with Crippen molar-refractivity contribution < 1.29 is 14.3 Å². The summed E-state index contributed by atoms with van der Waals surface area (Å²) in [7, 11) is 0. The van der Waals surface area contributed by atoms with E-state index in [4.69, 9.17) is 9.72 Å². The molecular formula is C27H25N3O3S. The number of thiazole rings is 1. The van der Waals surface area contributed by atoms with Crippen LogP contribution in [0, 0.1) is 5.92 Å². The van der Waals surface area contributed by atoms with Gasteiger partial charge < -0.3 is 9.64 Å². The van der Waals surface area contributed by atoms with E-state index < -0.39 is 5.92 Å². The topological polar surface area (TPSA) is 62.7 Å². The summed E-state index contributed by atoms with van der Waals surface area (Å²) >= 11 is 1.47. The lowest BCUT2D eigenvalue weighted by Gasteiger charge is -2.23. The van der Waals surface area contributed by atoms with E-state index in [2.05, 4.69) is 0 Å². The number of carbonyl (C=O) groups excluding carboxylic acids is 2. The molecule has 0 radical (unpaired) electrons. The Morgan fingerprint density at radius 3 is 2.53 bits per heavy atom. The molecule has 3 aromatic carbocycles. The largest absolute Gasteiger partial charge is 0.492 e. The standard InChI is InChI=1S/C27H25N3O3S/c1-2-33-22-14-9-15-23-25(22)28-27(34-23)30(17-19-10-5-3-6-11-19)26(32)20-16-24(31)29(18-20)21-12-7-4-8-13-21/h3-15,20H,2,16-18H2,1H3. The normalized spacial score (nSPS) is 15.6. The Bertz CT molecular complexity index is 1310. The van der Waals surface area contributed by atoms with Crippen molar-refractivity contribution in [2.24, 2.45) is 5.92 Å². The lowest BCUT2D eigenvalue weighted by Crippen LogP contribution is -2.37. The number of fused-ring (bicyclic) bond motifs is 1. The van der Waals surface area contributed by atoms with Crippen molar-refractivity contribution in [3.8, 4) is 5.75 Å². The Morgan fingerprint density at radius 2 is 1.79 bits per heavy atom. The molecule has 5 rings (SSSR count). The van der Waals surface area contributed by atoms with E-state index in [-0.39, 0.29) is 18.2 Å². The van der Waals surface area contributed by atoms with Crippen LogP contribution in [0.4, 0.5) is 10.8 Å². The first kappa shape index (κ1) is 22.1. The van der Waals surface area contributed by atoms with Crippen LogP contribution in [0.15, 0.2) is 78.9 Å². The van der Waals surface area contributed by atoms with Crippen LogP contribution in [-0.2, 0) is 16.1 Å². The van der Waals surface area contributed by atoms with Crippen molar-refractivity contribution in [1.82, 2.24) is 4.98 Å². The first-order valence-corrected chi connectivity index (χ1v) is 12.2. The van der Waals surface area contributed by atoms with Crippen molar-refractivity contribution in [3.63, 3.8) is 0 Å². The molecule has 0 bridgehead atoms. The molecule has 0 spiro atoms. The van der Waals surface area contributed by atoms with Crippen molar-refractivity contribution in [2.75, 3.05) is 23.0 Å². The molecule has 1 atom stereocenters. The molecule has 1 aliphatic rings. The molecule has 34 heavy (non-hydrogen) atoms. The quantitative estimate of drug-likeness (QED) is 0.368. The van der Waals surface area contributed by atoms with Crippen molar-refractivity contribution in [3.05, 3.63) is 84.4 Å². The summed E-state index contributed by atoms with van der Waals surface area (Å²) in [5.74, 6) is 0.149. The van der Waals surface area contributed by atoms with Gasteiger partial charge in [-0.2, -0.15) is 0 Å². The molecule has 1 unspecified atom stereocenters. The van der Waals surface area contributed by atoms with Crippen LogP contribution < -0.4 is 14.5 Å². The highest BCUT2D eigenvalue weighted by molar-refractivity contribution is 7.22. The first-order chi connectivity index (χ1) is 16.6. The highest BCUT2D eigenvalue weighted by Crippen LogP contribution is 2.36. The number of nitrogens with zero attached hydrogens (tertiary/aromatic N) is 3. The van der Waals surface area contributed by atoms with Crippen LogP contribution in [-0.4, -0.2) is 29.9 Å². The fourth-order valence-electron chi connectivity index (χ4n) is 4.26. The van der Waals surface area contributed by atoms with E-state index in [1.807, 2.05) is 85.8 Å². The molecule has 1 aliphatic heterocycles. The fourth-order valence-corrected chi connectivity index (χ4v) is 5.24. The Hall–Kier alpha value is -3.71. The van der Waals surface area contributed by atoms with Crippen LogP contribution in [0.3, 0.4) is 0 Å². The van der Waals surface area contributed by atoms with Gasteiger partial charge >= 0.3 is 0 Å². The number of para-hydroxylation sites is 2. The van der Waals surface area contributed by atoms with Crippen molar-refractivity contribution >= 4 is 44.2 Å². The summed E-state index contributed by atoms with van der Waals surface area (Å²) in [6, 6.07) is 25.2. The van der Waals surface area contributed by atoms with Gasteiger partial charge in [0.15, 0.2) is 5.13 Å². The molecular weight excluding hydrogens is 446 g/mol. The second-order valence-electron chi connectivity index (χ2n) is 8.18. The van der Waals surface area contributed by atoms with Crippen LogP contribution in [0.5, 0.6) is 5.75 Å². The number of anilines is 2. The predicted molar refractivity (Wildman–Crippen MR) is 135 cm³/mol. The molecule has 0 aliphatic carbocycles. The third-order valence-corrected chi connectivity index (χ3v) is 6.94. The number of carbonyl (C=O) groups is 2. The lowest BCUT2D eigenvalue weighted by molar-refractivity contribution is -0.124. The summed E-state index contributed by atoms with van der Waals surface area (Å²) in [5.41, 5.74) is 2.58. The van der Waals surface area contributed by atoms with E-state index in [0.717, 1.165) is 21.5 Å². The number of benzene rings is 3. The number of amides is 2. The van der Waals surface area contributed by atoms with Gasteiger partial charge in [-0.05, 0) is 36.8 Å². The molecule has 1 fully saturated rings. The van der Waals surface area contributed by atoms with Gasteiger partial charge in [0.25, 0.3) is 0 Å². The summed E-state index contributed by atoms with van der Waals surface area (Å²) in [4.78, 5) is 34.9. The second-order valence-corrected chi connectivity index (χ2v) is 9.19. The minimum absolute atomic E-state index is 0.0351. The summed E-state index contributed by atoms with van der Waals surface area (Å²) in [6.45, 7) is 3.23. The number of ether oxygens (including phenoxy) is 1. The van der Waals surface area contributed by atoms with Gasteiger partial charge in [-0.3, -0.25) is 14.5 Å². The van der Waals surface area contributed by atoms with E-state index in [0.29, 0.717) is 30.6 Å². The van der Waals surface area contributed by atoms with Gasteiger partial charge in [-0.25, -0.2) is 4.98 Å². The van der Waals surface area contributed by atoms with E-state index >= 15 is 0 Å². The predicted octanol–water partition coefficient (Wildman–Crippen LogP) is 5.28. The summed E-state index contributed by atoms with van der Waals surface area (Å²) in [6.07, 6.45) is 0.189. The maximum atomic E-state index is 13.8. The first-order valence-electron chi connectivity index (χ1n) is 11.4. The van der Waals surface area contributed by atoms with Crippen molar-refractivity contribution in [1.29, 1.82) is 0 Å². The van der Waals surface area contributed by atoms with Gasteiger partial charge in [0.1, 0.15) is 11.3 Å². The molecule has 1 saturated heterocycles. The molecule has 0 saturated carbocycles. The zero-order chi connectivity index (χ0) is 23.5. The number of hydrogen-bond acceptors (Lipinski definition) is 5. The Labute approximate surface area is 202 Å². The van der Waals surface area contributed by atoms with Crippen LogP contribution in [0.25, 0.3) is 10.2 Å². The Balaban J connectivity index is 1.48. The Kier molecular flexibility index (Phi) is 6.27. The average molecular weight is 472 g/mol.